The van der Waals surface area contributed by atoms with Gasteiger partial charge in [-0.25, -0.2) is 0 Å². The predicted octanol–water partition coefficient (Wildman–Crippen LogP) is 1.74. The van der Waals surface area contributed by atoms with Crippen molar-refractivity contribution in [2.24, 2.45) is 23.7 Å². The molecule has 2 heterocycles. The summed E-state index contributed by atoms with van der Waals surface area (Å²) in [6.45, 7) is 2.45. The summed E-state index contributed by atoms with van der Waals surface area (Å²) in [6, 6.07) is 5.95. The molecule has 6 nitrogen and oxygen atoms in total. The maximum Gasteiger partial charge on any atom is 0.307 e. The molecule has 1 aromatic rings. The Balaban J connectivity index is 1.24. The maximum absolute atomic E-state index is 12.8. The summed E-state index contributed by atoms with van der Waals surface area (Å²) >= 11 is 0. The van der Waals surface area contributed by atoms with E-state index in [2.05, 4.69) is 0 Å². The molecule has 25 heavy (non-hydrogen) atoms. The van der Waals surface area contributed by atoms with Crippen LogP contribution in [0.25, 0.3) is 0 Å². The van der Waals surface area contributed by atoms with Gasteiger partial charge in [-0.05, 0) is 48.3 Å². The number of rotatable bonds is 3. The molecule has 2 saturated carbocycles. The number of benzene rings is 1. The predicted molar refractivity (Wildman–Crippen MR) is 87.6 cm³/mol. The van der Waals surface area contributed by atoms with Crippen LogP contribution in [0.2, 0.25) is 0 Å². The number of carbonyl (C=O) groups excluding carboxylic acids is 1. The van der Waals surface area contributed by atoms with Gasteiger partial charge < -0.3 is 19.5 Å². The first-order valence-electron chi connectivity index (χ1n) is 9.04. The van der Waals surface area contributed by atoms with E-state index < -0.39 is 5.97 Å². The third kappa shape index (κ3) is 2.46. The van der Waals surface area contributed by atoms with E-state index in [0.29, 0.717) is 26.3 Å². The van der Waals surface area contributed by atoms with Crippen molar-refractivity contribution in [1.82, 2.24) is 4.90 Å². The van der Waals surface area contributed by atoms with E-state index in [1.807, 2.05) is 23.1 Å². The Labute approximate surface area is 145 Å². The number of aliphatic carboxylic acids is 1. The molecule has 5 rings (SSSR count). The molecule has 0 aromatic heterocycles. The van der Waals surface area contributed by atoms with Crippen LogP contribution in [0.5, 0.6) is 11.5 Å². The van der Waals surface area contributed by atoms with E-state index in [4.69, 9.17) is 9.47 Å². The highest BCUT2D eigenvalue weighted by molar-refractivity contribution is 5.84. The molecule has 5 atom stereocenters. The van der Waals surface area contributed by atoms with Crippen LogP contribution in [0.15, 0.2) is 18.2 Å². The molecule has 1 aromatic carbocycles. The monoisotopic (exact) mass is 343 g/mol. The molecule has 0 unspecified atom stereocenters. The van der Waals surface area contributed by atoms with E-state index in [1.165, 1.54) is 0 Å². The number of amides is 1. The summed E-state index contributed by atoms with van der Waals surface area (Å²) in [5.41, 5.74) is 1.13. The number of nitrogens with zero attached hydrogens (tertiary/aromatic N) is 1. The fourth-order valence-corrected chi connectivity index (χ4v) is 4.67. The molecular weight excluding hydrogens is 322 g/mol. The second-order valence-electron chi connectivity index (χ2n) is 7.62. The number of ether oxygens (including phenoxy) is 2. The topological polar surface area (TPSA) is 76.1 Å². The molecule has 6 heteroatoms. The average molecular weight is 343 g/mol. The van der Waals surface area contributed by atoms with Crippen molar-refractivity contribution in [2.75, 3.05) is 26.3 Å². The third-order valence-electron chi connectivity index (χ3n) is 6.19. The van der Waals surface area contributed by atoms with Gasteiger partial charge in [0, 0.05) is 19.0 Å². The smallest absolute Gasteiger partial charge is 0.307 e. The van der Waals surface area contributed by atoms with Gasteiger partial charge in [0.1, 0.15) is 13.2 Å². The minimum atomic E-state index is -0.704. The zero-order valence-corrected chi connectivity index (χ0v) is 13.9. The van der Waals surface area contributed by atoms with E-state index >= 15 is 0 Å². The fourth-order valence-electron chi connectivity index (χ4n) is 4.67. The van der Waals surface area contributed by atoms with Crippen molar-refractivity contribution in [2.45, 2.75) is 18.8 Å². The molecule has 3 fully saturated rings. The summed E-state index contributed by atoms with van der Waals surface area (Å²) in [5, 5.41) is 9.19. The highest BCUT2D eigenvalue weighted by Crippen LogP contribution is 2.54. The van der Waals surface area contributed by atoms with Gasteiger partial charge in [-0.1, -0.05) is 6.07 Å². The number of carboxylic acid groups (broad SMARTS) is 1. The first kappa shape index (κ1) is 15.0. The van der Waals surface area contributed by atoms with Crippen LogP contribution in [-0.2, 0) is 9.59 Å². The lowest BCUT2D eigenvalue weighted by Gasteiger charge is -2.26. The van der Waals surface area contributed by atoms with Gasteiger partial charge in [0.15, 0.2) is 11.5 Å². The van der Waals surface area contributed by atoms with Crippen molar-refractivity contribution < 1.29 is 24.2 Å². The SMILES string of the molecule is O=C(O)[C@@H]1[C@@H]2CCN(C(=O)[C@@H]3C[C@H]3c3ccc4c(c3)OCCO4)C[C@@H]21. The summed E-state index contributed by atoms with van der Waals surface area (Å²) in [7, 11) is 0. The van der Waals surface area contributed by atoms with Gasteiger partial charge in [0.05, 0.1) is 5.92 Å². The zero-order valence-electron chi connectivity index (χ0n) is 13.9. The van der Waals surface area contributed by atoms with Gasteiger partial charge in [0.2, 0.25) is 5.91 Å². The van der Waals surface area contributed by atoms with Crippen molar-refractivity contribution in [3.05, 3.63) is 23.8 Å². The van der Waals surface area contributed by atoms with Gasteiger partial charge in [-0.3, -0.25) is 9.59 Å². The van der Waals surface area contributed by atoms with E-state index in [1.54, 1.807) is 0 Å². The molecule has 2 aliphatic carbocycles. The van der Waals surface area contributed by atoms with Crippen molar-refractivity contribution in [3.8, 4) is 11.5 Å². The van der Waals surface area contributed by atoms with Crippen LogP contribution in [0, 0.1) is 23.7 Å². The van der Waals surface area contributed by atoms with Crippen LogP contribution < -0.4 is 9.47 Å². The number of likely N-dealkylation sites (tertiary alicyclic amines) is 1. The summed E-state index contributed by atoms with van der Waals surface area (Å²) in [4.78, 5) is 25.9. The van der Waals surface area contributed by atoms with Crippen molar-refractivity contribution >= 4 is 11.9 Å². The normalized spacial score (nSPS) is 34.9. The number of hydrogen-bond donors (Lipinski definition) is 1. The number of carbonyl (C=O) groups is 2. The summed E-state index contributed by atoms with van der Waals surface area (Å²) in [5.74, 6) is 1.52. The molecule has 4 aliphatic rings. The van der Waals surface area contributed by atoms with Crippen LogP contribution in [0.3, 0.4) is 0 Å². The van der Waals surface area contributed by atoms with Crippen LogP contribution in [0.1, 0.15) is 24.3 Å². The Morgan fingerprint density at radius 1 is 1.12 bits per heavy atom. The van der Waals surface area contributed by atoms with E-state index in [-0.39, 0.29) is 35.5 Å². The van der Waals surface area contributed by atoms with Crippen LogP contribution in [-0.4, -0.2) is 48.2 Å². The third-order valence-corrected chi connectivity index (χ3v) is 6.19. The fraction of sp³-hybridized carbons (Fsp3) is 0.579. The summed E-state index contributed by atoms with van der Waals surface area (Å²) < 4.78 is 11.2. The highest BCUT2D eigenvalue weighted by atomic mass is 16.6. The molecule has 1 amide bonds. The molecule has 0 bridgehead atoms. The van der Waals surface area contributed by atoms with Gasteiger partial charge in [-0.15, -0.1) is 0 Å². The Morgan fingerprint density at radius 3 is 2.72 bits per heavy atom. The Morgan fingerprint density at radius 2 is 1.92 bits per heavy atom. The molecular formula is C19H21NO5. The van der Waals surface area contributed by atoms with E-state index in [9.17, 15) is 14.7 Å². The minimum Gasteiger partial charge on any atom is -0.486 e. The molecule has 0 spiro atoms. The van der Waals surface area contributed by atoms with Gasteiger partial charge in [0.25, 0.3) is 0 Å². The molecule has 2 aliphatic heterocycles. The van der Waals surface area contributed by atoms with Crippen LogP contribution in [0.4, 0.5) is 0 Å². The molecule has 132 valence electrons. The number of fused-ring (bicyclic) bond motifs is 2. The Bertz CT molecular complexity index is 747. The Kier molecular flexibility index (Phi) is 3.24. The largest absolute Gasteiger partial charge is 0.486 e. The minimum absolute atomic E-state index is 0.0288. The van der Waals surface area contributed by atoms with Crippen molar-refractivity contribution in [3.63, 3.8) is 0 Å². The molecule has 1 N–H and O–H groups in total. The number of piperidine rings is 1. The highest BCUT2D eigenvalue weighted by Gasteiger charge is 2.58. The standard InChI is InChI=1S/C19H21NO5/c21-18(20-4-3-11-14(9-20)17(11)19(22)23)13-8-12(13)10-1-2-15-16(7-10)25-6-5-24-15/h1-2,7,11-14,17H,3-6,8-9H2,(H,22,23)/t11-,12+,13-,14+,17-/m1/s1. The maximum atomic E-state index is 12.8. The average Bonchev–Trinajstić information content (AvgIpc) is 3.53. The molecule has 1 saturated heterocycles. The number of carboxylic acids is 1. The Hall–Kier alpha value is -2.24. The lowest BCUT2D eigenvalue weighted by Crippen LogP contribution is -2.38. The second-order valence-corrected chi connectivity index (χ2v) is 7.62. The number of hydrogen-bond acceptors (Lipinski definition) is 4. The zero-order chi connectivity index (χ0) is 17.1. The van der Waals surface area contributed by atoms with Crippen LogP contribution >= 0.6 is 0 Å². The van der Waals surface area contributed by atoms with Gasteiger partial charge >= 0.3 is 5.97 Å². The first-order valence-corrected chi connectivity index (χ1v) is 9.04. The lowest BCUT2D eigenvalue weighted by molar-refractivity contribution is -0.139. The van der Waals surface area contributed by atoms with Crippen molar-refractivity contribution in [1.29, 1.82) is 0 Å². The molecule has 0 radical (unpaired) electrons. The van der Waals surface area contributed by atoms with E-state index in [0.717, 1.165) is 29.9 Å². The first-order chi connectivity index (χ1) is 12.1. The lowest BCUT2D eigenvalue weighted by atomic mass is 10.1. The quantitative estimate of drug-likeness (QED) is 0.905. The second kappa shape index (κ2) is 5.38. The summed E-state index contributed by atoms with van der Waals surface area (Å²) in [6.07, 6.45) is 1.69. The van der Waals surface area contributed by atoms with Gasteiger partial charge in [-0.2, -0.15) is 0 Å².